The van der Waals surface area contributed by atoms with Crippen LogP contribution >= 0.6 is 22.6 Å². The third-order valence-corrected chi connectivity index (χ3v) is 3.74. The van der Waals surface area contributed by atoms with Crippen LogP contribution in [-0.2, 0) is 0 Å². The molecule has 106 valence electrons. The van der Waals surface area contributed by atoms with Gasteiger partial charge in [-0.15, -0.1) is 0 Å². The zero-order valence-electron chi connectivity index (χ0n) is 11.6. The molecule has 0 aliphatic rings. The van der Waals surface area contributed by atoms with Crippen molar-refractivity contribution in [1.82, 2.24) is 5.32 Å². The van der Waals surface area contributed by atoms with Crippen LogP contribution in [0.1, 0.15) is 56.3 Å². The molecule has 0 saturated carbocycles. The summed E-state index contributed by atoms with van der Waals surface area (Å²) >= 11 is 2.13. The zero-order chi connectivity index (χ0) is 14.3. The van der Waals surface area contributed by atoms with Gasteiger partial charge in [0.15, 0.2) is 0 Å². The lowest BCUT2D eigenvalue weighted by Crippen LogP contribution is -2.32. The van der Waals surface area contributed by atoms with Gasteiger partial charge in [-0.25, -0.2) is 0 Å². The van der Waals surface area contributed by atoms with Crippen molar-refractivity contribution >= 4 is 28.5 Å². The van der Waals surface area contributed by atoms with E-state index in [-0.39, 0.29) is 17.7 Å². The number of phenolic OH excluding ortho intramolecular Hbond substituents is 1. The fraction of sp³-hybridized carbons (Fsp3) is 0.533. The van der Waals surface area contributed by atoms with E-state index in [1.165, 1.54) is 19.3 Å². The average Bonchev–Trinajstić information content (AvgIpc) is 2.37. The number of halogens is 1. The molecule has 0 aliphatic carbocycles. The van der Waals surface area contributed by atoms with Gasteiger partial charge in [0.05, 0.1) is 5.56 Å². The minimum absolute atomic E-state index is 0.0381. The smallest absolute Gasteiger partial charge is 0.255 e. The first-order valence-corrected chi connectivity index (χ1v) is 7.91. The first kappa shape index (κ1) is 16.3. The molecule has 0 saturated heterocycles. The van der Waals surface area contributed by atoms with E-state index >= 15 is 0 Å². The number of hydrogen-bond donors (Lipinski definition) is 2. The van der Waals surface area contributed by atoms with Crippen LogP contribution in [0.2, 0.25) is 0 Å². The van der Waals surface area contributed by atoms with Crippen molar-refractivity contribution in [1.29, 1.82) is 0 Å². The van der Waals surface area contributed by atoms with Gasteiger partial charge < -0.3 is 10.4 Å². The maximum absolute atomic E-state index is 12.0. The molecule has 19 heavy (non-hydrogen) atoms. The number of benzene rings is 1. The third-order valence-electron chi connectivity index (χ3n) is 3.07. The van der Waals surface area contributed by atoms with E-state index in [4.69, 9.17) is 0 Å². The topological polar surface area (TPSA) is 49.3 Å². The molecular weight excluding hydrogens is 353 g/mol. The highest BCUT2D eigenvalue weighted by atomic mass is 127. The largest absolute Gasteiger partial charge is 0.507 e. The van der Waals surface area contributed by atoms with Crippen molar-refractivity contribution in [3.05, 3.63) is 27.3 Å². The van der Waals surface area contributed by atoms with Gasteiger partial charge in [-0.1, -0.05) is 32.6 Å². The van der Waals surface area contributed by atoms with Crippen molar-refractivity contribution in [2.75, 3.05) is 0 Å². The van der Waals surface area contributed by atoms with Gasteiger partial charge in [-0.3, -0.25) is 4.79 Å². The van der Waals surface area contributed by atoms with Crippen molar-refractivity contribution in [2.45, 2.75) is 52.0 Å². The lowest BCUT2D eigenvalue weighted by Gasteiger charge is -2.14. The normalized spacial score (nSPS) is 12.2. The Kier molecular flexibility index (Phi) is 7.20. The van der Waals surface area contributed by atoms with E-state index in [9.17, 15) is 9.90 Å². The van der Waals surface area contributed by atoms with E-state index in [1.54, 1.807) is 18.2 Å². The summed E-state index contributed by atoms with van der Waals surface area (Å²) in [4.78, 5) is 12.0. The average molecular weight is 375 g/mol. The summed E-state index contributed by atoms with van der Waals surface area (Å²) in [5.74, 6) is -0.157. The molecule has 0 aliphatic heterocycles. The fourth-order valence-electron chi connectivity index (χ4n) is 1.94. The van der Waals surface area contributed by atoms with Gasteiger partial charge in [0, 0.05) is 9.61 Å². The Morgan fingerprint density at radius 1 is 1.37 bits per heavy atom. The Bertz CT molecular complexity index is 421. The molecular formula is C15H22INO2. The van der Waals surface area contributed by atoms with Crippen LogP contribution in [-0.4, -0.2) is 17.1 Å². The number of amides is 1. The van der Waals surface area contributed by atoms with E-state index in [2.05, 4.69) is 34.8 Å². The summed E-state index contributed by atoms with van der Waals surface area (Å²) in [5, 5.41) is 12.6. The van der Waals surface area contributed by atoms with Crippen molar-refractivity contribution in [3.63, 3.8) is 0 Å². The second-order valence-electron chi connectivity index (χ2n) is 4.89. The molecule has 1 unspecified atom stereocenters. The molecule has 0 radical (unpaired) electrons. The van der Waals surface area contributed by atoms with Crippen molar-refractivity contribution < 1.29 is 9.90 Å². The third kappa shape index (κ3) is 5.80. The molecule has 0 fully saturated rings. The molecule has 0 aromatic heterocycles. The molecule has 2 N–H and O–H groups in total. The number of nitrogens with one attached hydrogen (secondary N) is 1. The van der Waals surface area contributed by atoms with Crippen molar-refractivity contribution in [3.8, 4) is 5.75 Å². The minimum atomic E-state index is -0.195. The van der Waals surface area contributed by atoms with Gasteiger partial charge in [0.1, 0.15) is 5.75 Å². The molecule has 0 heterocycles. The number of hydrogen-bond acceptors (Lipinski definition) is 2. The zero-order valence-corrected chi connectivity index (χ0v) is 13.7. The summed E-state index contributed by atoms with van der Waals surface area (Å²) in [5.41, 5.74) is 0.354. The number of carbonyl (C=O) groups excluding carboxylic acids is 1. The number of phenols is 1. The summed E-state index contributed by atoms with van der Waals surface area (Å²) in [6.45, 7) is 4.19. The van der Waals surface area contributed by atoms with E-state index in [0.717, 1.165) is 16.4 Å². The van der Waals surface area contributed by atoms with Crippen molar-refractivity contribution in [2.24, 2.45) is 0 Å². The van der Waals surface area contributed by atoms with E-state index < -0.39 is 0 Å². The van der Waals surface area contributed by atoms with Crippen LogP contribution in [0.5, 0.6) is 5.75 Å². The highest BCUT2D eigenvalue weighted by molar-refractivity contribution is 14.1. The fourth-order valence-corrected chi connectivity index (χ4v) is 2.43. The number of carbonyl (C=O) groups is 1. The van der Waals surface area contributed by atoms with Gasteiger partial charge in [-0.2, -0.15) is 0 Å². The second kappa shape index (κ2) is 8.40. The van der Waals surface area contributed by atoms with Gasteiger partial charge >= 0.3 is 0 Å². The molecule has 1 rings (SSSR count). The van der Waals surface area contributed by atoms with Crippen LogP contribution in [0.3, 0.4) is 0 Å². The summed E-state index contributed by atoms with van der Waals surface area (Å²) in [7, 11) is 0. The Balaban J connectivity index is 2.47. The number of aromatic hydroxyl groups is 1. The summed E-state index contributed by atoms with van der Waals surface area (Å²) in [6, 6.07) is 5.18. The van der Waals surface area contributed by atoms with Gasteiger partial charge in [0.25, 0.3) is 5.91 Å². The Hall–Kier alpha value is -0.780. The van der Waals surface area contributed by atoms with E-state index in [1.807, 2.05) is 6.92 Å². The summed E-state index contributed by atoms with van der Waals surface area (Å²) < 4.78 is 0.941. The first-order chi connectivity index (χ1) is 9.04. The Morgan fingerprint density at radius 3 is 2.79 bits per heavy atom. The van der Waals surface area contributed by atoms with Crippen LogP contribution < -0.4 is 5.32 Å². The molecule has 1 amide bonds. The van der Waals surface area contributed by atoms with Crippen LogP contribution in [0.25, 0.3) is 0 Å². The van der Waals surface area contributed by atoms with Crippen LogP contribution in [0.15, 0.2) is 18.2 Å². The predicted octanol–water partition coefficient (Wildman–Crippen LogP) is 4.09. The maximum atomic E-state index is 12.0. The lowest BCUT2D eigenvalue weighted by molar-refractivity contribution is 0.0935. The maximum Gasteiger partial charge on any atom is 0.255 e. The van der Waals surface area contributed by atoms with Gasteiger partial charge in [-0.05, 0) is 54.1 Å². The lowest BCUT2D eigenvalue weighted by atomic mass is 10.1. The number of rotatable bonds is 7. The first-order valence-electron chi connectivity index (χ1n) is 6.84. The molecule has 4 heteroatoms. The predicted molar refractivity (Wildman–Crippen MR) is 86.5 cm³/mol. The Morgan fingerprint density at radius 2 is 2.11 bits per heavy atom. The molecule has 1 aromatic rings. The Labute approximate surface area is 128 Å². The van der Waals surface area contributed by atoms with Gasteiger partial charge in [0.2, 0.25) is 0 Å². The quantitative estimate of drug-likeness (QED) is 0.557. The molecule has 3 nitrogen and oxygen atoms in total. The molecule has 0 spiro atoms. The summed E-state index contributed by atoms with van der Waals surface area (Å²) in [6.07, 6.45) is 5.80. The highest BCUT2D eigenvalue weighted by Gasteiger charge is 2.13. The minimum Gasteiger partial charge on any atom is -0.507 e. The molecule has 1 aromatic carbocycles. The number of unbranched alkanes of at least 4 members (excludes halogenated alkanes) is 3. The van der Waals surface area contributed by atoms with Crippen LogP contribution in [0.4, 0.5) is 0 Å². The molecule has 0 bridgehead atoms. The standard InChI is InChI=1S/C15H22INO2/c1-3-4-5-6-7-11(2)17-15(19)13-10-12(16)8-9-14(13)18/h8-11,18H,3-7H2,1-2H3,(H,17,19). The SMILES string of the molecule is CCCCCCC(C)NC(=O)c1cc(I)ccc1O. The second-order valence-corrected chi connectivity index (χ2v) is 6.13. The molecule has 1 atom stereocenters. The highest BCUT2D eigenvalue weighted by Crippen LogP contribution is 2.19. The monoisotopic (exact) mass is 375 g/mol. The van der Waals surface area contributed by atoms with E-state index in [0.29, 0.717) is 5.56 Å². The van der Waals surface area contributed by atoms with Crippen LogP contribution in [0, 0.1) is 3.57 Å².